The predicted molar refractivity (Wildman–Crippen MR) is 87.8 cm³/mol. The zero-order valence-electron chi connectivity index (χ0n) is 11.2. The minimum Gasteiger partial charge on any atom is -0.357 e. The Morgan fingerprint density at radius 3 is 2.65 bits per heavy atom. The van der Waals surface area contributed by atoms with Crippen molar-refractivity contribution in [3.63, 3.8) is 0 Å². The third-order valence-electron chi connectivity index (χ3n) is 4.29. The second kappa shape index (κ2) is 5.60. The largest absolute Gasteiger partial charge is 0.357 e. The van der Waals surface area contributed by atoms with Crippen LogP contribution in [0.5, 0.6) is 0 Å². The van der Waals surface area contributed by atoms with Crippen molar-refractivity contribution in [2.75, 3.05) is 13.1 Å². The van der Waals surface area contributed by atoms with Crippen molar-refractivity contribution in [3.8, 4) is 0 Å². The number of fused-ring (bicyclic) bond motifs is 2. The minimum absolute atomic E-state index is 0. The number of piperidine rings is 1. The van der Waals surface area contributed by atoms with Crippen LogP contribution >= 0.6 is 28.3 Å². The van der Waals surface area contributed by atoms with Gasteiger partial charge in [0.2, 0.25) is 0 Å². The topological polar surface area (TPSA) is 21.3 Å². The molecule has 1 saturated heterocycles. The van der Waals surface area contributed by atoms with Gasteiger partial charge in [-0.05, 0) is 48.5 Å². The maximum atomic E-state index is 6.58. The van der Waals surface area contributed by atoms with E-state index in [4.69, 9.17) is 4.74 Å². The summed E-state index contributed by atoms with van der Waals surface area (Å²) < 4.78 is 6.58. The maximum absolute atomic E-state index is 6.58. The number of benzene rings is 1. The van der Waals surface area contributed by atoms with E-state index in [2.05, 4.69) is 47.1 Å². The van der Waals surface area contributed by atoms with E-state index < -0.39 is 0 Å². The highest BCUT2D eigenvalue weighted by Gasteiger charge is 2.45. The first-order valence-electron chi connectivity index (χ1n) is 6.90. The van der Waals surface area contributed by atoms with Crippen molar-refractivity contribution in [3.05, 3.63) is 57.8 Å². The van der Waals surface area contributed by atoms with Crippen molar-refractivity contribution in [1.29, 1.82) is 0 Å². The van der Waals surface area contributed by atoms with Gasteiger partial charge in [-0.2, -0.15) is 0 Å². The van der Waals surface area contributed by atoms with Gasteiger partial charge in [0.05, 0.1) is 5.60 Å². The highest BCUT2D eigenvalue weighted by molar-refractivity contribution is 8.93. The molecule has 1 spiro atoms. The number of rotatable bonds is 1. The number of ether oxygens (including phenoxy) is 1. The van der Waals surface area contributed by atoms with Gasteiger partial charge in [0.15, 0.2) is 0 Å². The number of hydrogen-bond acceptors (Lipinski definition) is 3. The summed E-state index contributed by atoms with van der Waals surface area (Å²) in [7, 11) is 0. The molecule has 1 fully saturated rings. The first-order chi connectivity index (χ1) is 9.39. The van der Waals surface area contributed by atoms with Crippen LogP contribution in [0.2, 0.25) is 0 Å². The van der Waals surface area contributed by atoms with Crippen LogP contribution in [-0.4, -0.2) is 13.1 Å². The third-order valence-corrected chi connectivity index (χ3v) is 5.21. The highest BCUT2D eigenvalue weighted by Crippen LogP contribution is 2.51. The van der Waals surface area contributed by atoms with Crippen molar-refractivity contribution in [2.24, 2.45) is 0 Å². The van der Waals surface area contributed by atoms with E-state index in [-0.39, 0.29) is 28.7 Å². The Morgan fingerprint density at radius 1 is 1.10 bits per heavy atom. The highest BCUT2D eigenvalue weighted by atomic mass is 79.9. The summed E-state index contributed by atoms with van der Waals surface area (Å²) in [5.41, 5.74) is 2.72. The first-order valence-corrected chi connectivity index (χ1v) is 7.78. The molecule has 2 aliphatic heterocycles. The normalized spacial score (nSPS) is 23.3. The quantitative estimate of drug-likeness (QED) is 0.837. The van der Waals surface area contributed by atoms with Gasteiger partial charge in [0.1, 0.15) is 6.10 Å². The molecule has 0 aliphatic carbocycles. The Balaban J connectivity index is 0.00000121. The Labute approximate surface area is 133 Å². The Hall–Kier alpha value is -0.680. The molecule has 4 rings (SSSR count). The molecule has 0 radical (unpaired) electrons. The molecular weight excluding hydrogens is 334 g/mol. The molecule has 1 N–H and O–H groups in total. The molecule has 20 heavy (non-hydrogen) atoms. The van der Waals surface area contributed by atoms with Crippen LogP contribution in [0.25, 0.3) is 0 Å². The summed E-state index contributed by atoms with van der Waals surface area (Å²) in [5.74, 6) is 0. The molecule has 4 heteroatoms. The zero-order valence-corrected chi connectivity index (χ0v) is 13.7. The van der Waals surface area contributed by atoms with Crippen LogP contribution in [-0.2, 0) is 10.3 Å². The Morgan fingerprint density at radius 2 is 1.90 bits per heavy atom. The summed E-state index contributed by atoms with van der Waals surface area (Å²) in [6, 6.07) is 13.1. The number of halogens is 1. The fourth-order valence-corrected chi connectivity index (χ4v) is 4.13. The van der Waals surface area contributed by atoms with Crippen molar-refractivity contribution >= 4 is 28.3 Å². The fraction of sp³-hybridized carbons (Fsp3) is 0.375. The molecule has 1 atom stereocenters. The van der Waals surface area contributed by atoms with Crippen molar-refractivity contribution in [2.45, 2.75) is 24.5 Å². The van der Waals surface area contributed by atoms with E-state index in [0.29, 0.717) is 0 Å². The van der Waals surface area contributed by atoms with Gasteiger partial charge in [0, 0.05) is 4.88 Å². The lowest BCUT2D eigenvalue weighted by atomic mass is 9.84. The molecule has 2 aromatic rings. The maximum Gasteiger partial charge on any atom is 0.118 e. The van der Waals surface area contributed by atoms with Gasteiger partial charge >= 0.3 is 0 Å². The van der Waals surface area contributed by atoms with E-state index in [1.54, 1.807) is 11.3 Å². The molecular formula is C16H18BrNOS. The first kappa shape index (κ1) is 14.3. The van der Waals surface area contributed by atoms with E-state index in [1.165, 1.54) is 16.0 Å². The number of thiophene rings is 1. The van der Waals surface area contributed by atoms with E-state index in [0.717, 1.165) is 25.9 Å². The van der Waals surface area contributed by atoms with Crippen molar-refractivity contribution < 1.29 is 4.74 Å². The van der Waals surface area contributed by atoms with Crippen LogP contribution in [0.15, 0.2) is 41.8 Å². The Kier molecular flexibility index (Phi) is 4.00. The van der Waals surface area contributed by atoms with E-state index in [1.807, 2.05) is 0 Å². The van der Waals surface area contributed by atoms with Crippen LogP contribution in [0.1, 0.15) is 34.9 Å². The smallest absolute Gasteiger partial charge is 0.118 e. The second-order valence-corrected chi connectivity index (χ2v) is 6.32. The van der Waals surface area contributed by atoms with Crippen molar-refractivity contribution in [1.82, 2.24) is 5.32 Å². The third kappa shape index (κ3) is 2.15. The molecule has 106 valence electrons. The van der Waals surface area contributed by atoms with Crippen LogP contribution in [0.3, 0.4) is 0 Å². The lowest BCUT2D eigenvalue weighted by molar-refractivity contribution is -0.0787. The monoisotopic (exact) mass is 351 g/mol. The van der Waals surface area contributed by atoms with Gasteiger partial charge in [0.25, 0.3) is 0 Å². The molecule has 2 nitrogen and oxygen atoms in total. The van der Waals surface area contributed by atoms with Gasteiger partial charge < -0.3 is 10.1 Å². The van der Waals surface area contributed by atoms with E-state index in [9.17, 15) is 0 Å². The van der Waals surface area contributed by atoms with Crippen LogP contribution in [0.4, 0.5) is 0 Å². The molecule has 1 aromatic carbocycles. The summed E-state index contributed by atoms with van der Waals surface area (Å²) in [4.78, 5) is 1.32. The molecule has 0 saturated carbocycles. The lowest BCUT2D eigenvalue weighted by Gasteiger charge is -2.34. The minimum atomic E-state index is -0.0590. The van der Waals surface area contributed by atoms with Gasteiger partial charge in [-0.1, -0.05) is 30.3 Å². The number of nitrogens with one attached hydrogen (secondary N) is 1. The average molecular weight is 352 g/mol. The average Bonchev–Trinajstić information content (AvgIpc) is 3.08. The second-order valence-electron chi connectivity index (χ2n) is 5.34. The van der Waals surface area contributed by atoms with Gasteiger partial charge in [-0.25, -0.2) is 0 Å². The summed E-state index contributed by atoms with van der Waals surface area (Å²) in [6.07, 6.45) is 2.28. The summed E-state index contributed by atoms with van der Waals surface area (Å²) >= 11 is 1.79. The molecule has 1 aromatic heterocycles. The molecule has 2 aliphatic rings. The molecule has 1 unspecified atom stereocenters. The summed E-state index contributed by atoms with van der Waals surface area (Å²) in [5, 5.41) is 5.57. The lowest BCUT2D eigenvalue weighted by Crippen LogP contribution is -2.39. The standard InChI is InChI=1S/C16H17NOS.BrH/c1-2-5-13-12(4-1)15(14-6-3-11-19-14)18-16(13)7-9-17-10-8-16;/h1-6,11,15,17H,7-10H2;1H. The van der Waals surface area contributed by atoms with Crippen LogP contribution in [0, 0.1) is 0 Å². The van der Waals surface area contributed by atoms with Gasteiger partial charge in [-0.3, -0.25) is 0 Å². The summed E-state index contributed by atoms with van der Waals surface area (Å²) in [6.45, 7) is 2.09. The molecule has 0 bridgehead atoms. The fourth-order valence-electron chi connectivity index (χ4n) is 3.36. The van der Waals surface area contributed by atoms with Gasteiger partial charge in [-0.15, -0.1) is 28.3 Å². The molecule has 0 amide bonds. The SMILES string of the molecule is Br.c1csc(C2OC3(CCNCC3)c3ccccc32)c1. The zero-order chi connectivity index (χ0) is 12.7. The van der Waals surface area contributed by atoms with E-state index >= 15 is 0 Å². The molecule has 3 heterocycles. The Bertz CT molecular complexity index is 578. The van der Waals surface area contributed by atoms with Crippen LogP contribution < -0.4 is 5.32 Å². The number of hydrogen-bond donors (Lipinski definition) is 1. The predicted octanol–water partition coefficient (Wildman–Crippen LogP) is 4.02.